The van der Waals surface area contributed by atoms with Gasteiger partial charge in [-0.15, -0.1) is 0 Å². The first kappa shape index (κ1) is 16.6. The molecule has 2 aliphatic rings. The Morgan fingerprint density at radius 2 is 1.88 bits per heavy atom. The molecule has 24 heavy (non-hydrogen) atoms. The molecule has 1 spiro atoms. The molecule has 1 atom stereocenters. The number of benzene rings is 1. The Morgan fingerprint density at radius 3 is 2.54 bits per heavy atom. The van der Waals surface area contributed by atoms with Gasteiger partial charge < -0.3 is 14.4 Å². The number of hydrogen-bond acceptors (Lipinski definition) is 6. The number of likely N-dealkylation sites (N-methyl/N-ethyl adjacent to an activating group) is 1. The molecule has 6 heteroatoms. The van der Waals surface area contributed by atoms with Gasteiger partial charge in [-0.1, -0.05) is 36.5 Å². The lowest BCUT2D eigenvalue weighted by Gasteiger charge is -2.41. The first-order valence-corrected chi connectivity index (χ1v) is 8.38. The van der Waals surface area contributed by atoms with Crippen LogP contribution in [0.25, 0.3) is 0 Å². The van der Waals surface area contributed by atoms with Gasteiger partial charge in [0.15, 0.2) is 0 Å². The Bertz CT molecular complexity index is 770. The minimum absolute atomic E-state index is 0.244. The van der Waals surface area contributed by atoms with E-state index in [1.807, 2.05) is 24.3 Å². The van der Waals surface area contributed by atoms with Crippen molar-refractivity contribution in [3.05, 3.63) is 52.6 Å². The Hall–Kier alpha value is -2.21. The van der Waals surface area contributed by atoms with E-state index in [1.54, 1.807) is 23.7 Å². The number of thioether (sulfide) groups is 1. The lowest BCUT2D eigenvalue weighted by molar-refractivity contribution is -0.141. The number of rotatable bonds is 2. The highest BCUT2D eigenvalue weighted by molar-refractivity contribution is 8.03. The number of ether oxygens (including phenoxy) is 2. The van der Waals surface area contributed by atoms with Gasteiger partial charge in [0.25, 0.3) is 0 Å². The van der Waals surface area contributed by atoms with Crippen molar-refractivity contribution < 1.29 is 19.1 Å². The summed E-state index contributed by atoms with van der Waals surface area (Å²) >= 11 is 1.54. The summed E-state index contributed by atoms with van der Waals surface area (Å²) in [6, 6.07) is 7.88. The fourth-order valence-corrected chi connectivity index (χ4v) is 4.77. The largest absolute Gasteiger partial charge is 0.466 e. The maximum absolute atomic E-state index is 12.7. The van der Waals surface area contributed by atoms with Crippen molar-refractivity contribution in [3.8, 4) is 0 Å². The van der Waals surface area contributed by atoms with E-state index in [2.05, 4.69) is 6.58 Å². The van der Waals surface area contributed by atoms with Gasteiger partial charge in [0.05, 0.1) is 25.2 Å². The van der Waals surface area contributed by atoms with E-state index >= 15 is 0 Å². The minimum Gasteiger partial charge on any atom is -0.466 e. The number of methoxy groups -OCH3 is 2. The highest BCUT2D eigenvalue weighted by Gasteiger charge is 2.53. The molecule has 5 nitrogen and oxygen atoms in total. The summed E-state index contributed by atoms with van der Waals surface area (Å²) in [6.45, 7) is 4.82. The van der Waals surface area contributed by atoms with Crippen LogP contribution in [-0.2, 0) is 24.5 Å². The molecular formula is C18H19NO4S. The predicted molar refractivity (Wildman–Crippen MR) is 91.4 cm³/mol. The molecule has 1 aromatic carbocycles. The first-order chi connectivity index (χ1) is 11.5. The minimum atomic E-state index is -0.732. The van der Waals surface area contributed by atoms with E-state index in [9.17, 15) is 9.59 Å². The van der Waals surface area contributed by atoms with Gasteiger partial charge in [0.1, 0.15) is 5.70 Å². The highest BCUT2D eigenvalue weighted by Crippen LogP contribution is 2.59. The third-order valence-corrected chi connectivity index (χ3v) is 5.86. The lowest BCUT2D eigenvalue weighted by Crippen LogP contribution is -2.45. The molecule has 3 rings (SSSR count). The van der Waals surface area contributed by atoms with Crippen LogP contribution in [0.15, 0.2) is 51.9 Å². The molecule has 0 fully saturated rings. The zero-order valence-electron chi connectivity index (χ0n) is 13.9. The van der Waals surface area contributed by atoms with Gasteiger partial charge >= 0.3 is 11.9 Å². The lowest BCUT2D eigenvalue weighted by atomic mass is 9.69. The highest BCUT2D eigenvalue weighted by atomic mass is 32.2. The fourth-order valence-electron chi connectivity index (χ4n) is 3.52. The van der Waals surface area contributed by atoms with Gasteiger partial charge in [-0.3, -0.25) is 0 Å². The van der Waals surface area contributed by atoms with Crippen molar-refractivity contribution >= 4 is 23.7 Å². The van der Waals surface area contributed by atoms with Gasteiger partial charge in [-0.25, -0.2) is 9.59 Å². The number of nitrogens with zero attached hydrogens (tertiary/aromatic N) is 1. The summed E-state index contributed by atoms with van der Waals surface area (Å²) in [4.78, 5) is 28.7. The summed E-state index contributed by atoms with van der Waals surface area (Å²) in [5.74, 6) is -1.07. The zero-order chi connectivity index (χ0) is 17.5. The quantitative estimate of drug-likeness (QED) is 0.768. The normalized spacial score (nSPS) is 22.6. The van der Waals surface area contributed by atoms with Crippen LogP contribution in [0.2, 0.25) is 0 Å². The molecule has 0 saturated heterocycles. The van der Waals surface area contributed by atoms with E-state index in [4.69, 9.17) is 9.47 Å². The number of esters is 2. The SMILES string of the molecule is C=C1Sc2ccccc2C12CCN(C)C(C(=O)OC)=C2C(=O)OC. The molecule has 1 unspecified atom stereocenters. The van der Waals surface area contributed by atoms with Crippen LogP contribution in [0.1, 0.15) is 12.0 Å². The average Bonchev–Trinajstić information content (AvgIpc) is 2.87. The van der Waals surface area contributed by atoms with E-state index in [0.29, 0.717) is 18.5 Å². The number of carbonyl (C=O) groups excluding carboxylic acids is 2. The molecule has 0 saturated carbocycles. The van der Waals surface area contributed by atoms with Crippen molar-refractivity contribution in [2.45, 2.75) is 16.7 Å². The third-order valence-electron chi connectivity index (χ3n) is 4.69. The molecule has 0 aliphatic carbocycles. The first-order valence-electron chi connectivity index (χ1n) is 7.56. The second-order valence-electron chi connectivity index (χ2n) is 5.81. The fraction of sp³-hybridized carbons (Fsp3) is 0.333. The Morgan fingerprint density at radius 1 is 1.21 bits per heavy atom. The van der Waals surface area contributed by atoms with Gasteiger partial charge in [-0.2, -0.15) is 0 Å². The van der Waals surface area contributed by atoms with E-state index in [-0.39, 0.29) is 5.70 Å². The van der Waals surface area contributed by atoms with Crippen molar-refractivity contribution in [2.75, 3.05) is 27.8 Å². The molecular weight excluding hydrogens is 326 g/mol. The number of fused-ring (bicyclic) bond motifs is 2. The molecule has 0 bridgehead atoms. The second-order valence-corrected chi connectivity index (χ2v) is 6.94. The maximum atomic E-state index is 12.7. The molecule has 2 aliphatic heterocycles. The smallest absolute Gasteiger partial charge is 0.354 e. The molecule has 126 valence electrons. The Labute approximate surface area is 145 Å². The summed E-state index contributed by atoms with van der Waals surface area (Å²) < 4.78 is 9.96. The predicted octanol–water partition coefficient (Wildman–Crippen LogP) is 2.48. The van der Waals surface area contributed by atoms with Crippen LogP contribution in [0.5, 0.6) is 0 Å². The summed E-state index contributed by atoms with van der Waals surface area (Å²) in [7, 11) is 4.41. The Kier molecular flexibility index (Phi) is 4.17. The van der Waals surface area contributed by atoms with Crippen LogP contribution < -0.4 is 0 Å². The average molecular weight is 345 g/mol. The molecule has 0 amide bonds. The Balaban J connectivity index is 2.35. The number of carbonyl (C=O) groups is 2. The van der Waals surface area contributed by atoms with E-state index in [1.165, 1.54) is 14.2 Å². The second kappa shape index (κ2) is 6.02. The standard InChI is InChI=1S/C18H19NO4S/c1-11-18(12-7-5-6-8-13(12)24-11)9-10-19(2)15(17(21)23-4)14(18)16(20)22-3/h5-8H,1,9-10H2,2-4H3. The van der Waals surface area contributed by atoms with Crippen LogP contribution in [-0.4, -0.2) is 44.7 Å². The molecule has 2 heterocycles. The molecule has 0 aromatic heterocycles. The van der Waals surface area contributed by atoms with Gasteiger partial charge in [-0.05, 0) is 23.0 Å². The number of hydrogen-bond donors (Lipinski definition) is 0. The summed E-state index contributed by atoms with van der Waals surface area (Å²) in [6.07, 6.45) is 0.650. The van der Waals surface area contributed by atoms with Crippen LogP contribution in [0.3, 0.4) is 0 Å². The number of allylic oxidation sites excluding steroid dienone is 1. The van der Waals surface area contributed by atoms with Gasteiger partial charge in [0.2, 0.25) is 0 Å². The van der Waals surface area contributed by atoms with Crippen LogP contribution >= 0.6 is 11.8 Å². The molecule has 1 aromatic rings. The van der Waals surface area contributed by atoms with Crippen LogP contribution in [0.4, 0.5) is 0 Å². The molecule has 0 N–H and O–H groups in total. The third kappa shape index (κ3) is 2.17. The van der Waals surface area contributed by atoms with Gasteiger partial charge in [0, 0.05) is 18.5 Å². The molecule has 0 radical (unpaired) electrons. The van der Waals surface area contributed by atoms with Crippen molar-refractivity contribution in [1.29, 1.82) is 0 Å². The van der Waals surface area contributed by atoms with E-state index in [0.717, 1.165) is 15.4 Å². The van der Waals surface area contributed by atoms with Crippen molar-refractivity contribution in [1.82, 2.24) is 4.90 Å². The van der Waals surface area contributed by atoms with Crippen LogP contribution in [0, 0.1) is 0 Å². The summed E-state index contributed by atoms with van der Waals surface area (Å²) in [5.41, 5.74) is 0.821. The van der Waals surface area contributed by atoms with Crippen molar-refractivity contribution in [2.24, 2.45) is 0 Å². The maximum Gasteiger partial charge on any atom is 0.354 e. The zero-order valence-corrected chi connectivity index (χ0v) is 14.7. The monoisotopic (exact) mass is 345 g/mol. The van der Waals surface area contributed by atoms with Crippen molar-refractivity contribution in [3.63, 3.8) is 0 Å². The topological polar surface area (TPSA) is 55.8 Å². The summed E-state index contributed by atoms with van der Waals surface area (Å²) in [5, 5.41) is 0. The van der Waals surface area contributed by atoms with E-state index < -0.39 is 17.4 Å².